The van der Waals surface area contributed by atoms with E-state index >= 15 is 0 Å². The average Bonchev–Trinajstić information content (AvgIpc) is 2.90. The van der Waals surface area contributed by atoms with Gasteiger partial charge in [-0.3, -0.25) is 0 Å². The lowest BCUT2D eigenvalue weighted by atomic mass is 10.2. The Morgan fingerprint density at radius 1 is 1.30 bits per heavy atom. The highest BCUT2D eigenvalue weighted by Gasteiger charge is 2.21. The molecule has 120 valence electrons. The van der Waals surface area contributed by atoms with Crippen molar-refractivity contribution in [3.63, 3.8) is 0 Å². The van der Waals surface area contributed by atoms with Crippen molar-refractivity contribution in [2.45, 2.75) is 4.90 Å². The molecule has 0 aliphatic heterocycles. The number of halogens is 2. The van der Waals surface area contributed by atoms with Crippen molar-refractivity contribution in [3.8, 4) is 5.75 Å². The van der Waals surface area contributed by atoms with Crippen LogP contribution in [0.4, 0.5) is 5.95 Å². The van der Waals surface area contributed by atoms with Crippen LogP contribution in [-0.2, 0) is 10.0 Å². The molecule has 2 aromatic heterocycles. The molecule has 0 aliphatic carbocycles. The summed E-state index contributed by atoms with van der Waals surface area (Å²) in [5.74, 6) is 0.0930. The topological polar surface area (TPSA) is 97.0 Å². The first-order valence-corrected chi connectivity index (χ1v) is 8.50. The molecule has 3 rings (SSSR count). The van der Waals surface area contributed by atoms with Crippen LogP contribution in [0.1, 0.15) is 0 Å². The number of anilines is 1. The van der Waals surface area contributed by atoms with E-state index in [0.717, 1.165) is 0 Å². The molecular formula is C13H10Cl2N4O3S. The number of H-pyrrole nitrogens is 1. The Kier molecular flexibility index (Phi) is 4.05. The van der Waals surface area contributed by atoms with Crippen LogP contribution in [0.5, 0.6) is 5.75 Å². The highest BCUT2D eigenvalue weighted by Crippen LogP contribution is 2.27. The zero-order chi connectivity index (χ0) is 16.6. The number of sulfonamides is 1. The largest absolute Gasteiger partial charge is 0.492 e. The number of benzene rings is 1. The molecule has 10 heteroatoms. The summed E-state index contributed by atoms with van der Waals surface area (Å²) in [6.45, 7) is 0. The summed E-state index contributed by atoms with van der Waals surface area (Å²) >= 11 is 11.8. The summed E-state index contributed by atoms with van der Waals surface area (Å²) in [6.07, 6.45) is 2.65. The minimum atomic E-state index is -3.89. The van der Waals surface area contributed by atoms with E-state index in [1.165, 1.54) is 19.5 Å². The SMILES string of the molecule is COc1cnc(NS(=O)(=O)c2c[nH]c3cc(Cl)ccc23)nc1Cl. The third kappa shape index (κ3) is 3.05. The second-order valence-electron chi connectivity index (χ2n) is 4.50. The number of rotatable bonds is 4. The number of aromatic amines is 1. The maximum absolute atomic E-state index is 12.5. The molecule has 0 fully saturated rings. The lowest BCUT2D eigenvalue weighted by molar-refractivity contribution is 0.411. The van der Waals surface area contributed by atoms with E-state index in [0.29, 0.717) is 15.9 Å². The third-order valence-corrected chi connectivity index (χ3v) is 4.93. The van der Waals surface area contributed by atoms with Crippen LogP contribution in [0.3, 0.4) is 0 Å². The maximum Gasteiger partial charge on any atom is 0.266 e. The fourth-order valence-corrected chi connectivity index (χ4v) is 3.51. The Morgan fingerprint density at radius 2 is 2.09 bits per heavy atom. The highest BCUT2D eigenvalue weighted by molar-refractivity contribution is 7.93. The van der Waals surface area contributed by atoms with Gasteiger partial charge < -0.3 is 9.72 Å². The number of aromatic nitrogens is 3. The van der Waals surface area contributed by atoms with E-state index in [1.807, 2.05) is 0 Å². The van der Waals surface area contributed by atoms with Crippen molar-refractivity contribution >= 4 is 50.1 Å². The fourth-order valence-electron chi connectivity index (χ4n) is 2.01. The molecule has 0 amide bonds. The van der Waals surface area contributed by atoms with Gasteiger partial charge in [-0.25, -0.2) is 18.1 Å². The van der Waals surface area contributed by atoms with Gasteiger partial charge in [0.2, 0.25) is 5.95 Å². The molecule has 1 aromatic carbocycles. The summed E-state index contributed by atoms with van der Waals surface area (Å²) in [6, 6.07) is 4.86. The van der Waals surface area contributed by atoms with Gasteiger partial charge in [0.1, 0.15) is 4.90 Å². The van der Waals surface area contributed by atoms with Gasteiger partial charge in [-0.05, 0) is 18.2 Å². The van der Waals surface area contributed by atoms with E-state index < -0.39 is 10.0 Å². The van der Waals surface area contributed by atoms with Crippen LogP contribution in [0, 0.1) is 0 Å². The average molecular weight is 373 g/mol. The van der Waals surface area contributed by atoms with Gasteiger partial charge in [0.15, 0.2) is 10.9 Å². The molecule has 0 atom stereocenters. The van der Waals surface area contributed by atoms with Crippen molar-refractivity contribution in [2.24, 2.45) is 0 Å². The second kappa shape index (κ2) is 5.88. The summed E-state index contributed by atoms with van der Waals surface area (Å²) in [5, 5.41) is 1.01. The van der Waals surface area contributed by atoms with E-state index in [1.54, 1.807) is 18.2 Å². The molecule has 2 heterocycles. The number of methoxy groups -OCH3 is 1. The molecule has 0 unspecified atom stereocenters. The predicted octanol–water partition coefficient (Wildman–Crippen LogP) is 3.07. The van der Waals surface area contributed by atoms with Gasteiger partial charge >= 0.3 is 0 Å². The first-order chi connectivity index (χ1) is 10.9. The second-order valence-corrected chi connectivity index (χ2v) is 6.95. The van der Waals surface area contributed by atoms with E-state index in [4.69, 9.17) is 27.9 Å². The van der Waals surface area contributed by atoms with E-state index in [2.05, 4.69) is 19.7 Å². The van der Waals surface area contributed by atoms with Gasteiger partial charge in [0.05, 0.1) is 13.3 Å². The lowest BCUT2D eigenvalue weighted by Crippen LogP contribution is -2.14. The standard InChI is InChI=1S/C13H10Cl2N4O3S/c1-22-10-5-17-13(18-12(10)15)19-23(20,21)11-6-16-9-4-7(14)2-3-8(9)11/h2-6,16H,1H3,(H,17,18,19). The summed E-state index contributed by atoms with van der Waals surface area (Å²) in [5.41, 5.74) is 0.603. The fraction of sp³-hybridized carbons (Fsp3) is 0.0769. The Bertz CT molecular complexity index is 988. The van der Waals surface area contributed by atoms with Crippen molar-refractivity contribution in [1.82, 2.24) is 15.0 Å². The Balaban J connectivity index is 1.99. The lowest BCUT2D eigenvalue weighted by Gasteiger charge is -2.07. The molecule has 23 heavy (non-hydrogen) atoms. The van der Waals surface area contributed by atoms with Crippen LogP contribution < -0.4 is 9.46 Å². The first-order valence-electron chi connectivity index (χ1n) is 6.26. The Labute approximate surface area is 141 Å². The summed E-state index contributed by atoms with van der Waals surface area (Å²) < 4.78 is 32.2. The predicted molar refractivity (Wildman–Crippen MR) is 87.7 cm³/mol. The van der Waals surface area contributed by atoms with Crippen molar-refractivity contribution in [3.05, 3.63) is 40.8 Å². The summed E-state index contributed by atoms with van der Waals surface area (Å²) in [7, 11) is -2.49. The van der Waals surface area contributed by atoms with Crippen LogP contribution in [0.25, 0.3) is 10.9 Å². The quantitative estimate of drug-likeness (QED) is 0.685. The Morgan fingerprint density at radius 3 is 2.78 bits per heavy atom. The minimum absolute atomic E-state index is 0.00547. The number of ether oxygens (including phenoxy) is 1. The maximum atomic E-state index is 12.5. The number of hydrogen-bond donors (Lipinski definition) is 2. The van der Waals surface area contributed by atoms with Crippen molar-refractivity contribution in [1.29, 1.82) is 0 Å². The van der Waals surface area contributed by atoms with Crippen LogP contribution in [0.2, 0.25) is 10.2 Å². The van der Waals surface area contributed by atoms with Crippen molar-refractivity contribution in [2.75, 3.05) is 11.8 Å². The molecule has 0 radical (unpaired) electrons. The van der Waals surface area contributed by atoms with Crippen LogP contribution in [0.15, 0.2) is 35.5 Å². The molecular weight excluding hydrogens is 363 g/mol. The number of nitrogens with zero attached hydrogens (tertiary/aromatic N) is 2. The van der Waals surface area contributed by atoms with Crippen molar-refractivity contribution < 1.29 is 13.2 Å². The van der Waals surface area contributed by atoms with Crippen LogP contribution >= 0.6 is 23.2 Å². The zero-order valence-corrected chi connectivity index (χ0v) is 14.0. The van der Waals surface area contributed by atoms with Gasteiger partial charge in [0.25, 0.3) is 10.0 Å². The van der Waals surface area contributed by atoms with Gasteiger partial charge in [0, 0.05) is 22.1 Å². The zero-order valence-electron chi connectivity index (χ0n) is 11.7. The smallest absolute Gasteiger partial charge is 0.266 e. The van der Waals surface area contributed by atoms with E-state index in [9.17, 15) is 8.42 Å². The summed E-state index contributed by atoms with van der Waals surface area (Å²) in [4.78, 5) is 10.6. The number of fused-ring (bicyclic) bond motifs is 1. The molecule has 0 saturated carbocycles. The molecule has 2 N–H and O–H groups in total. The molecule has 0 aliphatic rings. The van der Waals surface area contributed by atoms with Gasteiger partial charge in [-0.15, -0.1) is 0 Å². The van der Waals surface area contributed by atoms with E-state index in [-0.39, 0.29) is 21.7 Å². The number of hydrogen-bond acceptors (Lipinski definition) is 5. The number of nitrogens with one attached hydrogen (secondary N) is 2. The molecule has 0 spiro atoms. The molecule has 0 bridgehead atoms. The van der Waals surface area contributed by atoms with Crippen LogP contribution in [-0.4, -0.2) is 30.5 Å². The Hall–Kier alpha value is -2.03. The molecule has 0 saturated heterocycles. The minimum Gasteiger partial charge on any atom is -0.492 e. The van der Waals surface area contributed by atoms with Gasteiger partial charge in [-0.1, -0.05) is 23.2 Å². The molecule has 3 aromatic rings. The monoisotopic (exact) mass is 372 g/mol. The first kappa shape index (κ1) is 15.9. The normalized spacial score (nSPS) is 11.6. The molecule has 7 nitrogen and oxygen atoms in total. The van der Waals surface area contributed by atoms with Gasteiger partial charge in [-0.2, -0.15) is 4.98 Å². The third-order valence-electron chi connectivity index (χ3n) is 3.05. The highest BCUT2D eigenvalue weighted by atomic mass is 35.5.